The van der Waals surface area contributed by atoms with Gasteiger partial charge >= 0.3 is 0 Å². The lowest BCUT2D eigenvalue weighted by Crippen LogP contribution is -2.27. The molecule has 0 saturated heterocycles. The second-order valence-electron chi connectivity index (χ2n) is 6.64. The quantitative estimate of drug-likeness (QED) is 0.508. The zero-order chi connectivity index (χ0) is 20.1. The second kappa shape index (κ2) is 8.44. The molecule has 0 atom stereocenters. The van der Waals surface area contributed by atoms with Crippen LogP contribution in [0.1, 0.15) is 26.5 Å². The standard InChI is InChI=1S/C24H20N2O3/c27-23(25-15-14-17-8-2-1-3-9-17)19-11-5-6-12-20(19)26-24(28)22-16-18-10-4-7-13-21(18)29-22/h1-13,16H,14-15H2,(H,25,27)(H,26,28). The minimum atomic E-state index is -0.397. The van der Waals surface area contributed by atoms with Gasteiger partial charge in [-0.15, -0.1) is 0 Å². The van der Waals surface area contributed by atoms with Crippen LogP contribution < -0.4 is 10.6 Å². The number of fused-ring (bicyclic) bond motifs is 1. The first-order valence-corrected chi connectivity index (χ1v) is 9.42. The second-order valence-corrected chi connectivity index (χ2v) is 6.64. The van der Waals surface area contributed by atoms with Gasteiger partial charge in [0.2, 0.25) is 0 Å². The predicted octanol–water partition coefficient (Wildman–Crippen LogP) is 4.66. The van der Waals surface area contributed by atoms with E-state index in [-0.39, 0.29) is 11.7 Å². The zero-order valence-corrected chi connectivity index (χ0v) is 15.7. The summed E-state index contributed by atoms with van der Waals surface area (Å²) in [4.78, 5) is 25.2. The average molecular weight is 384 g/mol. The van der Waals surface area contributed by atoms with Crippen molar-refractivity contribution in [1.82, 2.24) is 5.32 Å². The van der Waals surface area contributed by atoms with E-state index in [4.69, 9.17) is 4.42 Å². The lowest BCUT2D eigenvalue weighted by molar-refractivity contribution is 0.0955. The molecule has 4 aromatic rings. The Labute approximate surface area is 168 Å². The van der Waals surface area contributed by atoms with E-state index in [9.17, 15) is 9.59 Å². The minimum absolute atomic E-state index is 0.200. The lowest BCUT2D eigenvalue weighted by Gasteiger charge is -2.11. The van der Waals surface area contributed by atoms with Crippen molar-refractivity contribution in [3.05, 3.63) is 102 Å². The molecule has 0 unspecified atom stereocenters. The van der Waals surface area contributed by atoms with Crippen molar-refractivity contribution in [3.8, 4) is 0 Å². The fraction of sp³-hybridized carbons (Fsp3) is 0.0833. The molecule has 0 spiro atoms. The van der Waals surface area contributed by atoms with Gasteiger partial charge in [0.15, 0.2) is 5.76 Å². The maximum Gasteiger partial charge on any atom is 0.291 e. The van der Waals surface area contributed by atoms with Gasteiger partial charge < -0.3 is 15.1 Å². The molecule has 3 aromatic carbocycles. The summed E-state index contributed by atoms with van der Waals surface area (Å²) in [5.41, 5.74) is 2.64. The van der Waals surface area contributed by atoms with Crippen molar-refractivity contribution in [1.29, 1.82) is 0 Å². The molecule has 0 aliphatic rings. The number of hydrogen-bond donors (Lipinski definition) is 2. The van der Waals surface area contributed by atoms with Crippen LogP contribution in [0.4, 0.5) is 5.69 Å². The van der Waals surface area contributed by atoms with Gasteiger partial charge in [-0.3, -0.25) is 9.59 Å². The van der Waals surface area contributed by atoms with Crippen LogP contribution in [0.15, 0.2) is 89.3 Å². The van der Waals surface area contributed by atoms with E-state index < -0.39 is 5.91 Å². The highest BCUT2D eigenvalue weighted by molar-refractivity contribution is 6.09. The molecule has 0 fully saturated rings. The fourth-order valence-corrected chi connectivity index (χ4v) is 3.13. The number of furan rings is 1. The van der Waals surface area contributed by atoms with Gasteiger partial charge in [-0.1, -0.05) is 60.7 Å². The number of hydrogen-bond acceptors (Lipinski definition) is 3. The third-order valence-electron chi connectivity index (χ3n) is 4.61. The van der Waals surface area contributed by atoms with Crippen molar-refractivity contribution in [2.24, 2.45) is 0 Å². The van der Waals surface area contributed by atoms with Gasteiger partial charge in [-0.05, 0) is 36.2 Å². The summed E-state index contributed by atoms with van der Waals surface area (Å²) < 4.78 is 5.60. The van der Waals surface area contributed by atoms with Gasteiger partial charge in [0.05, 0.1) is 11.3 Å². The van der Waals surface area contributed by atoms with Crippen molar-refractivity contribution < 1.29 is 14.0 Å². The molecule has 1 aromatic heterocycles. The predicted molar refractivity (Wildman–Crippen MR) is 113 cm³/mol. The van der Waals surface area contributed by atoms with E-state index in [0.717, 1.165) is 17.4 Å². The molecule has 1 heterocycles. The van der Waals surface area contributed by atoms with E-state index in [1.807, 2.05) is 48.5 Å². The molecular formula is C24H20N2O3. The van der Waals surface area contributed by atoms with Crippen molar-refractivity contribution in [2.75, 3.05) is 11.9 Å². The van der Waals surface area contributed by atoms with Crippen LogP contribution in [0.25, 0.3) is 11.0 Å². The summed E-state index contributed by atoms with van der Waals surface area (Å²) in [5.74, 6) is -0.433. The number of amides is 2. The van der Waals surface area contributed by atoms with E-state index >= 15 is 0 Å². The lowest BCUT2D eigenvalue weighted by atomic mass is 10.1. The number of nitrogens with one attached hydrogen (secondary N) is 2. The van der Waals surface area contributed by atoms with Crippen LogP contribution in [0.5, 0.6) is 0 Å². The molecule has 4 rings (SSSR count). The number of rotatable bonds is 6. The van der Waals surface area contributed by atoms with E-state index in [1.165, 1.54) is 0 Å². The van der Waals surface area contributed by atoms with Crippen molar-refractivity contribution in [3.63, 3.8) is 0 Å². The topological polar surface area (TPSA) is 71.3 Å². The normalized spacial score (nSPS) is 10.6. The first-order chi connectivity index (χ1) is 14.2. The number of benzene rings is 3. The summed E-state index contributed by atoms with van der Waals surface area (Å²) in [7, 11) is 0. The number of para-hydroxylation sites is 2. The molecule has 0 aliphatic heterocycles. The highest BCUT2D eigenvalue weighted by Gasteiger charge is 2.16. The van der Waals surface area contributed by atoms with Gasteiger partial charge in [-0.2, -0.15) is 0 Å². The molecule has 0 bridgehead atoms. The number of carbonyl (C=O) groups is 2. The van der Waals surface area contributed by atoms with Crippen LogP contribution in [-0.4, -0.2) is 18.4 Å². The summed E-state index contributed by atoms with van der Waals surface area (Å²) in [5, 5.41) is 6.54. The van der Waals surface area contributed by atoms with Crippen molar-refractivity contribution in [2.45, 2.75) is 6.42 Å². The Morgan fingerprint density at radius 2 is 1.52 bits per heavy atom. The Bertz CT molecular complexity index is 1120. The summed E-state index contributed by atoms with van der Waals surface area (Å²) in [6.07, 6.45) is 0.736. The maximum atomic E-state index is 12.6. The van der Waals surface area contributed by atoms with Crippen LogP contribution >= 0.6 is 0 Å². The number of anilines is 1. The Kier molecular flexibility index (Phi) is 5.38. The summed E-state index contributed by atoms with van der Waals surface area (Å²) in [6.45, 7) is 0.509. The van der Waals surface area contributed by atoms with Gasteiger partial charge in [-0.25, -0.2) is 0 Å². The number of carbonyl (C=O) groups excluding carboxylic acids is 2. The first kappa shape index (κ1) is 18.5. The molecule has 2 N–H and O–H groups in total. The van der Waals surface area contributed by atoms with Crippen LogP contribution in [0, 0.1) is 0 Å². The zero-order valence-electron chi connectivity index (χ0n) is 15.7. The smallest absolute Gasteiger partial charge is 0.291 e. The monoisotopic (exact) mass is 384 g/mol. The Hall–Kier alpha value is -3.86. The average Bonchev–Trinajstić information content (AvgIpc) is 3.19. The highest BCUT2D eigenvalue weighted by atomic mass is 16.3. The molecule has 0 aliphatic carbocycles. The van der Waals surface area contributed by atoms with E-state index in [1.54, 1.807) is 36.4 Å². The highest BCUT2D eigenvalue weighted by Crippen LogP contribution is 2.21. The molecule has 0 radical (unpaired) electrons. The summed E-state index contributed by atoms with van der Waals surface area (Å²) in [6, 6.07) is 26.0. The Morgan fingerprint density at radius 3 is 2.34 bits per heavy atom. The van der Waals surface area contributed by atoms with Crippen LogP contribution in [0.2, 0.25) is 0 Å². The molecular weight excluding hydrogens is 364 g/mol. The Balaban J connectivity index is 1.44. The molecule has 2 amide bonds. The third kappa shape index (κ3) is 4.35. The van der Waals surface area contributed by atoms with E-state index in [0.29, 0.717) is 23.4 Å². The first-order valence-electron chi connectivity index (χ1n) is 9.42. The SMILES string of the molecule is O=C(Nc1ccccc1C(=O)NCCc1ccccc1)c1cc2ccccc2o1. The summed E-state index contributed by atoms with van der Waals surface area (Å²) >= 11 is 0. The minimum Gasteiger partial charge on any atom is -0.451 e. The Morgan fingerprint density at radius 1 is 0.793 bits per heavy atom. The van der Waals surface area contributed by atoms with Crippen molar-refractivity contribution >= 4 is 28.5 Å². The fourth-order valence-electron chi connectivity index (χ4n) is 3.13. The van der Waals surface area contributed by atoms with E-state index in [2.05, 4.69) is 10.6 Å². The maximum absolute atomic E-state index is 12.6. The van der Waals surface area contributed by atoms with Gasteiger partial charge in [0.25, 0.3) is 11.8 Å². The third-order valence-corrected chi connectivity index (χ3v) is 4.61. The molecule has 5 nitrogen and oxygen atoms in total. The largest absolute Gasteiger partial charge is 0.451 e. The van der Waals surface area contributed by atoms with Crippen LogP contribution in [0.3, 0.4) is 0 Å². The molecule has 5 heteroatoms. The molecule has 29 heavy (non-hydrogen) atoms. The molecule has 0 saturated carbocycles. The van der Waals surface area contributed by atoms with Gasteiger partial charge in [0.1, 0.15) is 5.58 Å². The van der Waals surface area contributed by atoms with Gasteiger partial charge in [0, 0.05) is 11.9 Å². The molecule has 144 valence electrons. The van der Waals surface area contributed by atoms with Crippen LogP contribution in [-0.2, 0) is 6.42 Å².